The van der Waals surface area contributed by atoms with Gasteiger partial charge < -0.3 is 15.0 Å². The number of pyridine rings is 1. The second kappa shape index (κ2) is 8.67. The summed E-state index contributed by atoms with van der Waals surface area (Å²) in [6, 6.07) is 11.1. The van der Waals surface area contributed by atoms with Crippen molar-refractivity contribution in [1.29, 1.82) is 0 Å². The van der Waals surface area contributed by atoms with Crippen molar-refractivity contribution in [2.24, 2.45) is 0 Å². The highest BCUT2D eigenvalue weighted by Gasteiger charge is 2.16. The fourth-order valence-electron chi connectivity index (χ4n) is 2.25. The van der Waals surface area contributed by atoms with Crippen LogP contribution in [0.3, 0.4) is 0 Å². The van der Waals surface area contributed by atoms with Crippen LogP contribution in [0.25, 0.3) is 0 Å². The summed E-state index contributed by atoms with van der Waals surface area (Å²) in [5.74, 6) is 0.306. The van der Waals surface area contributed by atoms with E-state index in [9.17, 15) is 9.59 Å². The maximum Gasteiger partial charge on any atom is 0.239 e. The quantitative estimate of drug-likeness (QED) is 0.841. The number of carbonyl (C=O) groups excluding carboxylic acids is 2. The van der Waals surface area contributed by atoms with Gasteiger partial charge in [-0.2, -0.15) is 0 Å². The van der Waals surface area contributed by atoms with Crippen molar-refractivity contribution < 1.29 is 14.3 Å². The monoisotopic (exact) mass is 327 g/mol. The molecule has 0 atom stereocenters. The first-order valence-electron chi connectivity index (χ1n) is 7.63. The number of hydrogen-bond donors (Lipinski definition) is 1. The van der Waals surface area contributed by atoms with Crippen molar-refractivity contribution in [3.8, 4) is 5.75 Å². The van der Waals surface area contributed by atoms with Crippen LogP contribution < -0.4 is 10.1 Å². The minimum absolute atomic E-state index is 0.00631. The van der Waals surface area contributed by atoms with Gasteiger partial charge in [0.15, 0.2) is 0 Å². The lowest BCUT2D eigenvalue weighted by molar-refractivity contribution is -0.135. The third-order valence-corrected chi connectivity index (χ3v) is 3.55. The molecule has 6 nitrogen and oxygen atoms in total. The van der Waals surface area contributed by atoms with E-state index in [0.29, 0.717) is 18.8 Å². The summed E-state index contributed by atoms with van der Waals surface area (Å²) in [4.78, 5) is 29.5. The van der Waals surface area contributed by atoms with Gasteiger partial charge in [-0.3, -0.25) is 14.6 Å². The highest BCUT2D eigenvalue weighted by molar-refractivity contribution is 5.83. The molecule has 126 valence electrons. The van der Waals surface area contributed by atoms with Crippen molar-refractivity contribution in [1.82, 2.24) is 15.2 Å². The minimum Gasteiger partial charge on any atom is -0.496 e. The smallest absolute Gasteiger partial charge is 0.239 e. The number of rotatable bonds is 7. The third-order valence-electron chi connectivity index (χ3n) is 3.55. The van der Waals surface area contributed by atoms with Crippen LogP contribution in [0.5, 0.6) is 5.75 Å². The summed E-state index contributed by atoms with van der Waals surface area (Å²) in [6.07, 6.45) is 3.37. The Morgan fingerprint density at radius 2 is 2.00 bits per heavy atom. The molecule has 2 aromatic rings. The van der Waals surface area contributed by atoms with Crippen molar-refractivity contribution in [3.63, 3.8) is 0 Å². The zero-order chi connectivity index (χ0) is 17.4. The van der Waals surface area contributed by atoms with Crippen LogP contribution in [0.1, 0.15) is 18.1 Å². The lowest BCUT2D eigenvalue weighted by atomic mass is 10.2. The van der Waals surface area contributed by atoms with E-state index >= 15 is 0 Å². The maximum atomic E-state index is 12.1. The van der Waals surface area contributed by atoms with Gasteiger partial charge in [-0.25, -0.2) is 0 Å². The van der Waals surface area contributed by atoms with Crippen LogP contribution in [-0.2, 0) is 22.7 Å². The average Bonchev–Trinajstić information content (AvgIpc) is 2.60. The van der Waals surface area contributed by atoms with E-state index < -0.39 is 0 Å². The Balaban J connectivity index is 1.95. The number of aromatic nitrogens is 1. The highest BCUT2D eigenvalue weighted by atomic mass is 16.5. The van der Waals surface area contributed by atoms with Crippen molar-refractivity contribution in [2.45, 2.75) is 20.0 Å². The van der Waals surface area contributed by atoms with Crippen LogP contribution in [0, 0.1) is 0 Å². The fraction of sp³-hybridized carbons (Fsp3) is 0.278. The molecule has 0 saturated heterocycles. The number of nitrogens with zero attached hydrogens (tertiary/aromatic N) is 2. The number of ether oxygens (including phenoxy) is 1. The van der Waals surface area contributed by atoms with Gasteiger partial charge in [-0.15, -0.1) is 0 Å². The molecule has 2 rings (SSSR count). The summed E-state index contributed by atoms with van der Waals surface area (Å²) < 4.78 is 5.29. The maximum absolute atomic E-state index is 12.1. The predicted molar refractivity (Wildman–Crippen MR) is 90.2 cm³/mol. The SMILES string of the molecule is COc1ccccc1CN(CC(=O)NCc1cccnc1)C(C)=O. The largest absolute Gasteiger partial charge is 0.496 e. The van der Waals surface area contributed by atoms with E-state index in [4.69, 9.17) is 4.74 Å². The standard InChI is InChI=1S/C18H21N3O3/c1-14(22)21(12-16-7-3-4-8-17(16)24-2)13-18(23)20-11-15-6-5-9-19-10-15/h3-10H,11-13H2,1-2H3,(H,20,23). The van der Waals surface area contributed by atoms with Crippen molar-refractivity contribution >= 4 is 11.8 Å². The van der Waals surface area contributed by atoms with Crippen molar-refractivity contribution in [2.75, 3.05) is 13.7 Å². The first-order valence-corrected chi connectivity index (χ1v) is 7.63. The van der Waals surface area contributed by atoms with Gasteiger partial charge in [0, 0.05) is 38.0 Å². The van der Waals surface area contributed by atoms with Crippen LogP contribution in [0.15, 0.2) is 48.8 Å². The van der Waals surface area contributed by atoms with E-state index in [1.807, 2.05) is 36.4 Å². The molecule has 0 fully saturated rings. The first-order chi connectivity index (χ1) is 11.6. The average molecular weight is 327 g/mol. The van der Waals surface area contributed by atoms with Gasteiger partial charge in [0.2, 0.25) is 11.8 Å². The predicted octanol–water partition coefficient (Wildman–Crippen LogP) is 1.76. The van der Waals surface area contributed by atoms with E-state index in [1.54, 1.807) is 19.5 Å². The molecule has 0 radical (unpaired) electrons. The number of benzene rings is 1. The van der Waals surface area contributed by atoms with Gasteiger partial charge in [0.1, 0.15) is 5.75 Å². The van der Waals surface area contributed by atoms with Crippen molar-refractivity contribution in [3.05, 3.63) is 59.9 Å². The van der Waals surface area contributed by atoms with Crippen LogP contribution in [0.2, 0.25) is 0 Å². The Hall–Kier alpha value is -2.89. The van der Waals surface area contributed by atoms with Gasteiger partial charge >= 0.3 is 0 Å². The molecule has 24 heavy (non-hydrogen) atoms. The molecule has 0 aliphatic carbocycles. The van der Waals surface area contributed by atoms with Crippen LogP contribution in [0.4, 0.5) is 0 Å². The van der Waals surface area contributed by atoms with Gasteiger partial charge in [-0.05, 0) is 17.7 Å². The number of hydrogen-bond acceptors (Lipinski definition) is 4. The Bertz CT molecular complexity index is 689. The van der Waals surface area contributed by atoms with Gasteiger partial charge in [0.25, 0.3) is 0 Å². The summed E-state index contributed by atoms with van der Waals surface area (Å²) in [5.41, 5.74) is 1.76. The topological polar surface area (TPSA) is 71.5 Å². The number of para-hydroxylation sites is 1. The molecular formula is C18H21N3O3. The van der Waals surface area contributed by atoms with E-state index in [2.05, 4.69) is 10.3 Å². The second-order valence-electron chi connectivity index (χ2n) is 5.32. The minimum atomic E-state index is -0.219. The second-order valence-corrected chi connectivity index (χ2v) is 5.32. The molecule has 6 heteroatoms. The molecule has 0 bridgehead atoms. The molecule has 1 N–H and O–H groups in total. The molecule has 1 aromatic heterocycles. The zero-order valence-electron chi connectivity index (χ0n) is 13.9. The lowest BCUT2D eigenvalue weighted by Crippen LogP contribution is -2.39. The Kier molecular flexibility index (Phi) is 6.31. The molecule has 0 saturated carbocycles. The molecule has 2 amide bonds. The van der Waals surface area contributed by atoms with Crippen LogP contribution in [-0.4, -0.2) is 35.4 Å². The molecule has 0 spiro atoms. The summed E-state index contributed by atoms with van der Waals surface area (Å²) in [5, 5.41) is 2.79. The fourth-order valence-corrected chi connectivity index (χ4v) is 2.25. The van der Waals surface area contributed by atoms with E-state index in [0.717, 1.165) is 11.1 Å². The number of methoxy groups -OCH3 is 1. The molecule has 1 heterocycles. The first kappa shape index (κ1) is 17.5. The molecule has 0 aliphatic heterocycles. The molecule has 0 aliphatic rings. The molecular weight excluding hydrogens is 306 g/mol. The van der Waals surface area contributed by atoms with E-state index in [1.165, 1.54) is 11.8 Å². The third kappa shape index (κ3) is 5.08. The number of amides is 2. The highest BCUT2D eigenvalue weighted by Crippen LogP contribution is 2.19. The lowest BCUT2D eigenvalue weighted by Gasteiger charge is -2.21. The number of carbonyl (C=O) groups is 2. The summed E-state index contributed by atoms with van der Waals surface area (Å²) >= 11 is 0. The molecule has 1 aromatic carbocycles. The van der Waals surface area contributed by atoms with E-state index in [-0.39, 0.29) is 18.4 Å². The Morgan fingerprint density at radius 1 is 1.21 bits per heavy atom. The summed E-state index contributed by atoms with van der Waals surface area (Å²) in [7, 11) is 1.58. The van der Waals surface area contributed by atoms with Crippen LogP contribution >= 0.6 is 0 Å². The molecule has 0 unspecified atom stereocenters. The van der Waals surface area contributed by atoms with Gasteiger partial charge in [0.05, 0.1) is 13.7 Å². The number of nitrogens with one attached hydrogen (secondary N) is 1. The Labute approximate surface area is 141 Å². The van der Waals surface area contributed by atoms with Gasteiger partial charge in [-0.1, -0.05) is 24.3 Å². The Morgan fingerprint density at radius 3 is 2.67 bits per heavy atom. The summed E-state index contributed by atoms with van der Waals surface area (Å²) in [6.45, 7) is 2.14. The zero-order valence-corrected chi connectivity index (χ0v) is 13.9. The normalized spacial score (nSPS) is 10.1.